The Morgan fingerprint density at radius 3 is 2.70 bits per heavy atom. The van der Waals surface area contributed by atoms with Crippen molar-refractivity contribution in [2.75, 3.05) is 6.54 Å². The summed E-state index contributed by atoms with van der Waals surface area (Å²) < 4.78 is 15.8. The van der Waals surface area contributed by atoms with Crippen LogP contribution in [0.4, 0.5) is 4.39 Å². The molecule has 108 valence electrons. The van der Waals surface area contributed by atoms with Crippen LogP contribution in [-0.4, -0.2) is 16.3 Å². The van der Waals surface area contributed by atoms with Gasteiger partial charge < -0.3 is 5.32 Å². The number of aromatic nitrogens is 2. The monoisotopic (exact) mass is 275 g/mol. The summed E-state index contributed by atoms with van der Waals surface area (Å²) in [6.45, 7) is 7.09. The molecule has 2 aromatic rings. The van der Waals surface area contributed by atoms with E-state index in [9.17, 15) is 4.39 Å². The van der Waals surface area contributed by atoms with Gasteiger partial charge in [0.25, 0.3) is 0 Å². The van der Waals surface area contributed by atoms with E-state index in [1.807, 2.05) is 32.3 Å². The van der Waals surface area contributed by atoms with Crippen LogP contribution in [-0.2, 0) is 7.05 Å². The summed E-state index contributed by atoms with van der Waals surface area (Å²) in [4.78, 5) is 0. The Morgan fingerprint density at radius 1 is 1.35 bits per heavy atom. The summed E-state index contributed by atoms with van der Waals surface area (Å²) in [6, 6.07) is 5.53. The van der Waals surface area contributed by atoms with Crippen molar-refractivity contribution in [3.05, 3.63) is 41.5 Å². The van der Waals surface area contributed by atoms with Crippen LogP contribution in [0.3, 0.4) is 0 Å². The summed E-state index contributed by atoms with van der Waals surface area (Å²) in [5.41, 5.74) is 3.42. The second-order valence-electron chi connectivity index (χ2n) is 5.22. The maximum atomic E-state index is 14.1. The van der Waals surface area contributed by atoms with Gasteiger partial charge in [0.15, 0.2) is 0 Å². The average Bonchev–Trinajstić information content (AvgIpc) is 2.75. The van der Waals surface area contributed by atoms with Gasteiger partial charge in [0.05, 0.1) is 5.69 Å². The molecule has 1 aromatic carbocycles. The predicted molar refractivity (Wildman–Crippen MR) is 80.0 cm³/mol. The molecule has 0 bridgehead atoms. The Hall–Kier alpha value is -1.68. The Labute approximate surface area is 119 Å². The summed E-state index contributed by atoms with van der Waals surface area (Å²) in [5, 5.41) is 7.71. The highest BCUT2D eigenvalue weighted by Crippen LogP contribution is 2.28. The van der Waals surface area contributed by atoms with Gasteiger partial charge in [-0.2, -0.15) is 5.10 Å². The molecule has 0 fully saturated rings. The van der Waals surface area contributed by atoms with Crippen LogP contribution in [0.2, 0.25) is 0 Å². The van der Waals surface area contributed by atoms with Crippen molar-refractivity contribution in [1.82, 2.24) is 15.1 Å². The first-order valence-corrected chi connectivity index (χ1v) is 7.06. The lowest BCUT2D eigenvalue weighted by Crippen LogP contribution is -2.19. The van der Waals surface area contributed by atoms with Crippen LogP contribution >= 0.6 is 0 Å². The van der Waals surface area contributed by atoms with Crippen molar-refractivity contribution >= 4 is 0 Å². The maximum absolute atomic E-state index is 14.1. The second-order valence-corrected chi connectivity index (χ2v) is 5.22. The minimum Gasteiger partial charge on any atom is -0.310 e. The molecule has 3 nitrogen and oxygen atoms in total. The van der Waals surface area contributed by atoms with E-state index >= 15 is 0 Å². The van der Waals surface area contributed by atoms with Crippen LogP contribution in [0.1, 0.15) is 37.6 Å². The third-order valence-corrected chi connectivity index (χ3v) is 3.49. The zero-order valence-corrected chi connectivity index (χ0v) is 12.6. The fourth-order valence-electron chi connectivity index (χ4n) is 2.36. The Kier molecular flexibility index (Phi) is 4.55. The molecule has 0 amide bonds. The minimum atomic E-state index is -0.201. The van der Waals surface area contributed by atoms with Crippen LogP contribution in [0.25, 0.3) is 11.1 Å². The largest absolute Gasteiger partial charge is 0.310 e. The van der Waals surface area contributed by atoms with Gasteiger partial charge in [0, 0.05) is 30.4 Å². The number of nitrogens with one attached hydrogen (secondary N) is 1. The van der Waals surface area contributed by atoms with Crippen LogP contribution in [0.15, 0.2) is 24.4 Å². The van der Waals surface area contributed by atoms with Crippen LogP contribution < -0.4 is 5.32 Å². The molecular weight excluding hydrogens is 253 g/mol. The van der Waals surface area contributed by atoms with Crippen LogP contribution in [0.5, 0.6) is 0 Å². The highest BCUT2D eigenvalue weighted by atomic mass is 19.1. The molecule has 0 saturated carbocycles. The minimum absolute atomic E-state index is 0.201. The van der Waals surface area contributed by atoms with Crippen LogP contribution in [0, 0.1) is 12.7 Å². The fraction of sp³-hybridized carbons (Fsp3) is 0.438. The number of benzene rings is 1. The summed E-state index contributed by atoms with van der Waals surface area (Å²) in [7, 11) is 1.85. The van der Waals surface area contributed by atoms with Gasteiger partial charge in [-0.15, -0.1) is 0 Å². The molecule has 1 unspecified atom stereocenters. The lowest BCUT2D eigenvalue weighted by molar-refractivity contribution is 0.568. The van der Waals surface area contributed by atoms with Gasteiger partial charge in [-0.25, -0.2) is 4.39 Å². The molecule has 0 aliphatic carbocycles. The smallest absolute Gasteiger partial charge is 0.131 e. The number of nitrogens with zero attached hydrogens (tertiary/aromatic N) is 2. The first-order chi connectivity index (χ1) is 9.52. The van der Waals surface area contributed by atoms with E-state index in [2.05, 4.69) is 24.3 Å². The SMILES string of the molecule is CCCNC(C)c1ccc(F)c(-c2cn(C)nc2C)c1. The van der Waals surface area contributed by atoms with Gasteiger partial charge >= 0.3 is 0 Å². The predicted octanol–water partition coefficient (Wildman–Crippen LogP) is 3.60. The first kappa shape index (κ1) is 14.7. The molecule has 0 saturated heterocycles. The van der Waals surface area contributed by atoms with Crippen molar-refractivity contribution in [3.8, 4) is 11.1 Å². The summed E-state index contributed by atoms with van der Waals surface area (Å²) >= 11 is 0. The third-order valence-electron chi connectivity index (χ3n) is 3.49. The molecule has 1 atom stereocenters. The molecule has 20 heavy (non-hydrogen) atoms. The number of hydrogen-bond acceptors (Lipinski definition) is 2. The standard InChI is InChI=1S/C16H22FN3/c1-5-8-18-11(2)13-6-7-16(17)14(9-13)15-10-20(4)19-12(15)3/h6-7,9-11,18H,5,8H2,1-4H3. The molecule has 0 aliphatic rings. The van der Waals surface area contributed by atoms with Gasteiger partial charge in [-0.3, -0.25) is 4.68 Å². The van der Waals surface area contributed by atoms with Crippen molar-refractivity contribution < 1.29 is 4.39 Å². The molecule has 0 spiro atoms. The van der Waals surface area contributed by atoms with Crippen molar-refractivity contribution in [2.24, 2.45) is 7.05 Å². The molecule has 1 aromatic heterocycles. The zero-order chi connectivity index (χ0) is 14.7. The normalized spacial score (nSPS) is 12.7. The van der Waals surface area contributed by atoms with Crippen molar-refractivity contribution in [2.45, 2.75) is 33.2 Å². The van der Waals surface area contributed by atoms with Crippen molar-refractivity contribution in [3.63, 3.8) is 0 Å². The Balaban J connectivity index is 2.36. The topological polar surface area (TPSA) is 29.9 Å². The average molecular weight is 275 g/mol. The number of halogens is 1. The maximum Gasteiger partial charge on any atom is 0.131 e. The number of hydrogen-bond donors (Lipinski definition) is 1. The van der Waals surface area contributed by atoms with E-state index in [1.54, 1.807) is 10.7 Å². The lowest BCUT2D eigenvalue weighted by Gasteiger charge is -2.15. The van der Waals surface area contributed by atoms with Gasteiger partial charge in [-0.1, -0.05) is 13.0 Å². The van der Waals surface area contributed by atoms with E-state index in [-0.39, 0.29) is 11.9 Å². The van der Waals surface area contributed by atoms with E-state index in [4.69, 9.17) is 0 Å². The molecule has 1 N–H and O–H groups in total. The molecular formula is C16H22FN3. The molecule has 1 heterocycles. The highest BCUT2D eigenvalue weighted by Gasteiger charge is 2.13. The van der Waals surface area contributed by atoms with E-state index in [0.717, 1.165) is 29.8 Å². The van der Waals surface area contributed by atoms with Gasteiger partial charge in [0.2, 0.25) is 0 Å². The molecule has 0 aliphatic heterocycles. The molecule has 4 heteroatoms. The van der Waals surface area contributed by atoms with Crippen molar-refractivity contribution in [1.29, 1.82) is 0 Å². The van der Waals surface area contributed by atoms with Gasteiger partial charge in [-0.05, 0) is 44.5 Å². The summed E-state index contributed by atoms with van der Waals surface area (Å²) in [6.07, 6.45) is 2.95. The quantitative estimate of drug-likeness (QED) is 0.903. The summed E-state index contributed by atoms with van der Waals surface area (Å²) in [5.74, 6) is -0.201. The van der Waals surface area contributed by atoms with E-state index < -0.39 is 0 Å². The first-order valence-electron chi connectivity index (χ1n) is 7.06. The van der Waals surface area contributed by atoms with E-state index in [1.165, 1.54) is 0 Å². The Morgan fingerprint density at radius 2 is 2.10 bits per heavy atom. The molecule has 0 radical (unpaired) electrons. The Bertz CT molecular complexity index is 589. The fourth-order valence-corrected chi connectivity index (χ4v) is 2.36. The second kappa shape index (κ2) is 6.18. The lowest BCUT2D eigenvalue weighted by atomic mass is 10.00. The number of rotatable bonds is 5. The highest BCUT2D eigenvalue weighted by molar-refractivity contribution is 5.66. The zero-order valence-electron chi connectivity index (χ0n) is 12.6. The molecule has 2 rings (SSSR count). The van der Waals surface area contributed by atoms with Gasteiger partial charge in [0.1, 0.15) is 5.82 Å². The van der Waals surface area contributed by atoms with E-state index in [0.29, 0.717) is 5.56 Å². The third kappa shape index (κ3) is 3.07. The number of aryl methyl sites for hydroxylation is 2.